The molecule has 1 amide bonds. The maximum Gasteiger partial charge on any atom is 0.416 e. The lowest BCUT2D eigenvalue weighted by Gasteiger charge is -2.25. The summed E-state index contributed by atoms with van der Waals surface area (Å²) in [5.41, 5.74) is -1.11. The second-order valence-electron chi connectivity index (χ2n) is 8.34. The first kappa shape index (κ1) is 22.0. The number of halogens is 3. The van der Waals surface area contributed by atoms with Crippen molar-refractivity contribution in [1.82, 2.24) is 29.9 Å². The third-order valence-electron chi connectivity index (χ3n) is 5.65. The summed E-state index contributed by atoms with van der Waals surface area (Å²) >= 11 is 0. The predicted octanol–water partition coefficient (Wildman–Crippen LogP) is 2.57. The Morgan fingerprint density at radius 2 is 2.00 bits per heavy atom. The molecule has 1 aliphatic rings. The molecule has 1 aromatic carbocycles. The van der Waals surface area contributed by atoms with Crippen LogP contribution < -0.4 is 10.9 Å². The third kappa shape index (κ3) is 4.11. The molecular weight excluding hydrogens is 425 g/mol. The van der Waals surface area contributed by atoms with Gasteiger partial charge in [0, 0.05) is 24.4 Å². The Bertz CT molecular complexity index is 1240. The summed E-state index contributed by atoms with van der Waals surface area (Å²) in [5.74, 6) is 1.01. The molecule has 11 heteroatoms. The number of benzene rings is 1. The minimum atomic E-state index is -4.53. The molecule has 1 N–H and O–H groups in total. The molecule has 4 rings (SSSR count). The third-order valence-corrected chi connectivity index (χ3v) is 5.65. The van der Waals surface area contributed by atoms with Crippen LogP contribution in [0.25, 0.3) is 10.8 Å². The fourth-order valence-electron chi connectivity index (χ4n) is 4.01. The lowest BCUT2D eigenvalue weighted by atomic mass is 10.0. The van der Waals surface area contributed by atoms with E-state index < -0.39 is 17.3 Å². The van der Waals surface area contributed by atoms with Crippen LogP contribution >= 0.6 is 0 Å². The second kappa shape index (κ2) is 8.03. The van der Waals surface area contributed by atoms with Gasteiger partial charge in [-0.25, -0.2) is 4.68 Å². The number of amides is 1. The van der Waals surface area contributed by atoms with Gasteiger partial charge in [0.2, 0.25) is 5.91 Å². The summed E-state index contributed by atoms with van der Waals surface area (Å²) in [7, 11) is 0. The molecule has 0 fully saturated rings. The molecule has 2 aromatic heterocycles. The van der Waals surface area contributed by atoms with Gasteiger partial charge in [0.1, 0.15) is 18.2 Å². The van der Waals surface area contributed by atoms with Crippen LogP contribution in [-0.2, 0) is 30.5 Å². The highest BCUT2D eigenvalue weighted by atomic mass is 19.4. The molecular formula is C21H23F3N6O2. The van der Waals surface area contributed by atoms with Crippen molar-refractivity contribution < 1.29 is 18.0 Å². The monoisotopic (exact) mass is 448 g/mol. The van der Waals surface area contributed by atoms with Crippen LogP contribution in [0.15, 0.2) is 23.0 Å². The first-order chi connectivity index (χ1) is 15.0. The summed E-state index contributed by atoms with van der Waals surface area (Å²) in [6.45, 7) is 5.62. The number of fused-ring (bicyclic) bond motifs is 2. The molecule has 3 aromatic rings. The average Bonchev–Trinajstić information content (AvgIpc) is 3.09. The van der Waals surface area contributed by atoms with Gasteiger partial charge < -0.3 is 9.88 Å². The molecule has 3 heterocycles. The van der Waals surface area contributed by atoms with E-state index in [2.05, 4.69) is 20.6 Å². The molecule has 0 saturated heterocycles. The van der Waals surface area contributed by atoms with Crippen LogP contribution in [-0.4, -0.2) is 36.5 Å². The number of aryl methyl sites for hydroxylation is 2. The highest BCUT2D eigenvalue weighted by molar-refractivity contribution is 5.85. The maximum atomic E-state index is 13.2. The van der Waals surface area contributed by atoms with Crippen LogP contribution in [0, 0.1) is 6.92 Å². The first-order valence-electron chi connectivity index (χ1n) is 10.3. The Labute approximate surface area is 181 Å². The molecule has 0 spiro atoms. The highest BCUT2D eigenvalue weighted by Gasteiger charge is 2.31. The zero-order chi connectivity index (χ0) is 23.2. The molecule has 8 nitrogen and oxygen atoms in total. The van der Waals surface area contributed by atoms with Gasteiger partial charge in [0.25, 0.3) is 5.56 Å². The number of carbonyl (C=O) groups excluding carboxylic acids is 1. The predicted molar refractivity (Wildman–Crippen MR) is 110 cm³/mol. The van der Waals surface area contributed by atoms with Crippen molar-refractivity contribution in [2.24, 2.45) is 0 Å². The number of hydrogen-bond donors (Lipinski definition) is 1. The number of nitrogens with zero attached hydrogens (tertiary/aromatic N) is 5. The van der Waals surface area contributed by atoms with Crippen molar-refractivity contribution in [1.29, 1.82) is 0 Å². The van der Waals surface area contributed by atoms with E-state index in [0.29, 0.717) is 25.1 Å². The maximum absolute atomic E-state index is 13.2. The summed E-state index contributed by atoms with van der Waals surface area (Å²) in [6.07, 6.45) is -3.15. The molecule has 0 bridgehead atoms. The number of aromatic nitrogens is 5. The second-order valence-corrected chi connectivity index (χ2v) is 8.34. The molecule has 170 valence electrons. The standard InChI is InChI=1S/C21H23F3N6O2/c1-11(2)19-16-8-13(21(22,23)24)4-6-15(16)20(32)30(28-19)10-18(31)25-14-5-7-17-27-26-12(3)29(17)9-14/h4,6,8,11,14H,5,7,9-10H2,1-3H3,(H,25,31). The summed E-state index contributed by atoms with van der Waals surface area (Å²) in [4.78, 5) is 25.6. The zero-order valence-electron chi connectivity index (χ0n) is 17.9. The Hall–Kier alpha value is -3.24. The van der Waals surface area contributed by atoms with Gasteiger partial charge in [0.15, 0.2) is 0 Å². The normalized spacial score (nSPS) is 16.4. The van der Waals surface area contributed by atoms with Crippen LogP contribution in [0.3, 0.4) is 0 Å². The van der Waals surface area contributed by atoms with Gasteiger partial charge >= 0.3 is 6.18 Å². The smallest absolute Gasteiger partial charge is 0.350 e. The van der Waals surface area contributed by atoms with E-state index in [1.165, 1.54) is 0 Å². The summed E-state index contributed by atoms with van der Waals surface area (Å²) in [6, 6.07) is 2.84. The average molecular weight is 448 g/mol. The van der Waals surface area contributed by atoms with Crippen LogP contribution in [0.5, 0.6) is 0 Å². The number of alkyl halides is 3. The first-order valence-corrected chi connectivity index (χ1v) is 10.3. The van der Waals surface area contributed by atoms with Crippen molar-refractivity contribution in [2.45, 2.75) is 64.8 Å². The Balaban J connectivity index is 1.60. The van der Waals surface area contributed by atoms with E-state index >= 15 is 0 Å². The van der Waals surface area contributed by atoms with Crippen molar-refractivity contribution >= 4 is 16.7 Å². The van der Waals surface area contributed by atoms with E-state index in [0.717, 1.165) is 34.5 Å². The van der Waals surface area contributed by atoms with Crippen molar-refractivity contribution in [3.05, 3.63) is 51.5 Å². The van der Waals surface area contributed by atoms with Gasteiger partial charge in [-0.05, 0) is 37.5 Å². The minimum absolute atomic E-state index is 0.104. The molecule has 0 radical (unpaired) electrons. The summed E-state index contributed by atoms with van der Waals surface area (Å²) < 4.78 is 42.4. The van der Waals surface area contributed by atoms with Crippen LogP contribution in [0.4, 0.5) is 13.2 Å². The SMILES string of the molecule is Cc1nnc2n1CC(NC(=O)Cn1nc(C(C)C)c3cc(C(F)(F)F)ccc3c1=O)CC2. The largest absolute Gasteiger partial charge is 0.416 e. The molecule has 32 heavy (non-hydrogen) atoms. The number of rotatable bonds is 4. The fourth-order valence-corrected chi connectivity index (χ4v) is 4.01. The van der Waals surface area contributed by atoms with Gasteiger partial charge in [-0.15, -0.1) is 10.2 Å². The number of hydrogen-bond acceptors (Lipinski definition) is 5. The lowest BCUT2D eigenvalue weighted by molar-refractivity contribution is -0.137. The fraction of sp³-hybridized carbons (Fsp3) is 0.476. The Morgan fingerprint density at radius 1 is 1.25 bits per heavy atom. The van der Waals surface area contributed by atoms with E-state index in [1.54, 1.807) is 13.8 Å². The lowest BCUT2D eigenvalue weighted by Crippen LogP contribution is -2.44. The minimum Gasteiger partial charge on any atom is -0.350 e. The number of carbonyl (C=O) groups is 1. The van der Waals surface area contributed by atoms with Gasteiger partial charge in [-0.3, -0.25) is 9.59 Å². The van der Waals surface area contributed by atoms with Gasteiger partial charge in [-0.1, -0.05) is 13.8 Å². The summed E-state index contributed by atoms with van der Waals surface area (Å²) in [5, 5.41) is 15.6. The molecule has 1 aliphatic heterocycles. The quantitative estimate of drug-likeness (QED) is 0.662. The van der Waals surface area contributed by atoms with E-state index in [-0.39, 0.29) is 35.2 Å². The molecule has 1 unspecified atom stereocenters. The van der Waals surface area contributed by atoms with Crippen molar-refractivity contribution in [3.63, 3.8) is 0 Å². The highest BCUT2D eigenvalue weighted by Crippen LogP contribution is 2.32. The van der Waals surface area contributed by atoms with Crippen LogP contribution in [0.2, 0.25) is 0 Å². The van der Waals surface area contributed by atoms with Gasteiger partial charge in [0.05, 0.1) is 16.6 Å². The molecule has 0 aliphatic carbocycles. The number of nitrogens with one attached hydrogen (secondary N) is 1. The van der Waals surface area contributed by atoms with Crippen molar-refractivity contribution in [3.8, 4) is 0 Å². The molecule has 0 saturated carbocycles. The Morgan fingerprint density at radius 3 is 2.69 bits per heavy atom. The van der Waals surface area contributed by atoms with E-state index in [4.69, 9.17) is 0 Å². The van der Waals surface area contributed by atoms with E-state index in [1.807, 2.05) is 11.5 Å². The zero-order valence-corrected chi connectivity index (χ0v) is 17.9. The van der Waals surface area contributed by atoms with E-state index in [9.17, 15) is 22.8 Å². The molecule has 1 atom stereocenters. The van der Waals surface area contributed by atoms with Crippen molar-refractivity contribution in [2.75, 3.05) is 0 Å². The Kier molecular flexibility index (Phi) is 5.51. The van der Waals surface area contributed by atoms with Gasteiger partial charge in [-0.2, -0.15) is 18.3 Å². The topological polar surface area (TPSA) is 94.7 Å². The van der Waals surface area contributed by atoms with Crippen LogP contribution in [0.1, 0.15) is 49.1 Å².